The lowest BCUT2D eigenvalue weighted by Crippen LogP contribution is -2.30. The first-order valence-electron chi connectivity index (χ1n) is 5.15. The Bertz CT molecular complexity index is 583. The van der Waals surface area contributed by atoms with Crippen molar-refractivity contribution in [1.29, 1.82) is 0 Å². The minimum Gasteiger partial charge on any atom is -0.481 e. The van der Waals surface area contributed by atoms with Gasteiger partial charge in [-0.3, -0.25) is 4.79 Å². The van der Waals surface area contributed by atoms with Crippen LogP contribution in [-0.4, -0.2) is 20.4 Å². The zero-order valence-corrected chi connectivity index (χ0v) is 11.8. The fraction of sp³-hybridized carbons (Fsp3) is 0.364. The molecule has 1 aromatic rings. The summed E-state index contributed by atoms with van der Waals surface area (Å²) in [5, 5.41) is 0. The average Bonchev–Trinajstić information content (AvgIpc) is 2.22. The van der Waals surface area contributed by atoms with Gasteiger partial charge in [0.1, 0.15) is 5.75 Å². The van der Waals surface area contributed by atoms with Crippen LogP contribution in [0.4, 0.5) is 0 Å². The van der Waals surface area contributed by atoms with E-state index >= 15 is 0 Å². The summed E-state index contributed by atoms with van der Waals surface area (Å²) in [6.07, 6.45) is -0.790. The molecule has 0 saturated heterocycles. The van der Waals surface area contributed by atoms with Gasteiger partial charge >= 0.3 is 0 Å². The molecule has 0 heterocycles. The number of nitrogens with two attached hydrogens (primary N) is 1. The molecule has 0 aliphatic carbocycles. The second-order valence-electron chi connectivity index (χ2n) is 3.91. The number of hydrogen-bond acceptors (Lipinski definition) is 4. The van der Waals surface area contributed by atoms with Gasteiger partial charge < -0.3 is 10.5 Å². The first-order valence-corrected chi connectivity index (χ1v) is 7.46. The van der Waals surface area contributed by atoms with E-state index in [4.69, 9.17) is 21.2 Å². The largest absolute Gasteiger partial charge is 0.481 e. The van der Waals surface area contributed by atoms with E-state index < -0.39 is 21.1 Å². The van der Waals surface area contributed by atoms with Crippen LogP contribution in [0.1, 0.15) is 18.1 Å². The van der Waals surface area contributed by atoms with E-state index in [9.17, 15) is 13.2 Å². The maximum absolute atomic E-state index is 11.3. The Balaban J connectivity index is 3.21. The van der Waals surface area contributed by atoms with E-state index in [1.54, 1.807) is 13.8 Å². The molecular weight excluding hydrogens is 278 g/mol. The highest BCUT2D eigenvalue weighted by Gasteiger charge is 2.19. The molecule has 0 fully saturated rings. The predicted octanol–water partition coefficient (Wildman–Crippen LogP) is 1.48. The molecule has 1 rings (SSSR count). The van der Waals surface area contributed by atoms with Crippen LogP contribution in [0.2, 0.25) is 0 Å². The monoisotopic (exact) mass is 291 g/mol. The molecule has 0 aliphatic heterocycles. The number of hydrogen-bond donors (Lipinski definition) is 1. The van der Waals surface area contributed by atoms with Gasteiger partial charge in [0.15, 0.2) is 6.10 Å². The summed E-state index contributed by atoms with van der Waals surface area (Å²) in [6, 6.07) is 2.80. The number of amides is 1. The van der Waals surface area contributed by atoms with Crippen LogP contribution in [-0.2, 0) is 13.8 Å². The van der Waals surface area contributed by atoms with E-state index in [1.807, 2.05) is 0 Å². The predicted molar refractivity (Wildman–Crippen MR) is 68.2 cm³/mol. The second-order valence-corrected chi connectivity index (χ2v) is 6.45. The molecule has 0 aliphatic rings. The zero-order chi connectivity index (χ0) is 14.1. The minimum absolute atomic E-state index is 0.0285. The Labute approximate surface area is 110 Å². The Kier molecular flexibility index (Phi) is 4.24. The molecule has 7 heteroatoms. The van der Waals surface area contributed by atoms with Crippen molar-refractivity contribution in [3.8, 4) is 5.75 Å². The summed E-state index contributed by atoms with van der Waals surface area (Å²) in [5.74, 6) is -0.191. The van der Waals surface area contributed by atoms with Crippen molar-refractivity contribution in [1.82, 2.24) is 0 Å². The highest BCUT2D eigenvalue weighted by atomic mass is 35.7. The van der Waals surface area contributed by atoms with Gasteiger partial charge in [-0.2, -0.15) is 0 Å². The molecule has 1 amide bonds. The number of primary amides is 1. The summed E-state index contributed by atoms with van der Waals surface area (Å²) in [6.45, 7) is 4.82. The van der Waals surface area contributed by atoms with Crippen LogP contribution in [0.3, 0.4) is 0 Å². The topological polar surface area (TPSA) is 86.5 Å². The van der Waals surface area contributed by atoms with E-state index in [0.29, 0.717) is 16.9 Å². The summed E-state index contributed by atoms with van der Waals surface area (Å²) in [5.41, 5.74) is 6.18. The van der Waals surface area contributed by atoms with Gasteiger partial charge in [-0.05, 0) is 44.0 Å². The van der Waals surface area contributed by atoms with Crippen LogP contribution in [0, 0.1) is 13.8 Å². The average molecular weight is 292 g/mol. The third-order valence-electron chi connectivity index (χ3n) is 2.65. The number of carbonyl (C=O) groups excluding carboxylic acids is 1. The lowest BCUT2D eigenvalue weighted by atomic mass is 10.1. The van der Waals surface area contributed by atoms with Gasteiger partial charge in [0.25, 0.3) is 15.0 Å². The molecule has 0 saturated carbocycles. The molecule has 2 N–H and O–H groups in total. The number of benzene rings is 1. The molecule has 1 aromatic carbocycles. The summed E-state index contributed by atoms with van der Waals surface area (Å²) < 4.78 is 27.9. The molecule has 1 unspecified atom stereocenters. The number of halogens is 1. The molecule has 0 radical (unpaired) electrons. The molecule has 0 bridgehead atoms. The number of carbonyl (C=O) groups is 1. The highest BCUT2D eigenvalue weighted by molar-refractivity contribution is 8.13. The zero-order valence-electron chi connectivity index (χ0n) is 10.2. The van der Waals surface area contributed by atoms with Crippen molar-refractivity contribution in [2.24, 2.45) is 5.73 Å². The molecule has 18 heavy (non-hydrogen) atoms. The van der Waals surface area contributed by atoms with E-state index in [2.05, 4.69) is 0 Å². The van der Waals surface area contributed by atoms with Crippen molar-refractivity contribution in [2.45, 2.75) is 31.8 Å². The molecule has 0 aromatic heterocycles. The van der Waals surface area contributed by atoms with Crippen LogP contribution in [0.5, 0.6) is 5.75 Å². The van der Waals surface area contributed by atoms with Gasteiger partial charge in [0.2, 0.25) is 0 Å². The number of rotatable bonds is 4. The van der Waals surface area contributed by atoms with E-state index in [1.165, 1.54) is 19.1 Å². The second kappa shape index (κ2) is 5.16. The molecule has 5 nitrogen and oxygen atoms in total. The van der Waals surface area contributed by atoms with Crippen molar-refractivity contribution < 1.29 is 17.9 Å². The molecule has 0 spiro atoms. The maximum atomic E-state index is 11.3. The Morgan fingerprint density at radius 2 is 1.89 bits per heavy atom. The third-order valence-corrected chi connectivity index (χ3v) is 4.12. The first kappa shape index (κ1) is 14.8. The normalized spacial score (nSPS) is 13.1. The van der Waals surface area contributed by atoms with Crippen molar-refractivity contribution >= 4 is 25.6 Å². The maximum Gasteiger partial charge on any atom is 0.261 e. The smallest absolute Gasteiger partial charge is 0.261 e. The van der Waals surface area contributed by atoms with E-state index in [-0.39, 0.29) is 4.90 Å². The molecule has 1 atom stereocenters. The summed E-state index contributed by atoms with van der Waals surface area (Å²) in [7, 11) is 1.51. The number of ether oxygens (including phenoxy) is 1. The van der Waals surface area contributed by atoms with Crippen molar-refractivity contribution in [3.05, 3.63) is 23.3 Å². The van der Waals surface area contributed by atoms with Gasteiger partial charge in [0, 0.05) is 10.7 Å². The molecular formula is C11H14ClNO4S. The fourth-order valence-corrected chi connectivity index (χ4v) is 2.66. The van der Waals surface area contributed by atoms with Crippen LogP contribution >= 0.6 is 10.7 Å². The van der Waals surface area contributed by atoms with Crippen LogP contribution in [0.15, 0.2) is 17.0 Å². The van der Waals surface area contributed by atoms with Gasteiger partial charge in [0.05, 0.1) is 4.90 Å². The minimum atomic E-state index is -3.79. The highest BCUT2D eigenvalue weighted by Crippen LogP contribution is 2.29. The Morgan fingerprint density at radius 3 is 2.33 bits per heavy atom. The molecule has 100 valence electrons. The fourth-order valence-electron chi connectivity index (χ4n) is 1.41. The summed E-state index contributed by atoms with van der Waals surface area (Å²) in [4.78, 5) is 10.9. The first-order chi connectivity index (χ1) is 8.14. The standard InChI is InChI=1S/C11H14ClNO4S/c1-6-7(2)10(18(12,15)16)5-4-9(6)17-8(3)11(13)14/h4-5,8H,1-3H3,(H2,13,14). The van der Waals surface area contributed by atoms with E-state index in [0.717, 1.165) is 0 Å². The lowest BCUT2D eigenvalue weighted by molar-refractivity contribution is -0.124. The SMILES string of the molecule is Cc1c(OC(C)C(N)=O)ccc(S(=O)(=O)Cl)c1C. The van der Waals surface area contributed by atoms with Gasteiger partial charge in [-0.15, -0.1) is 0 Å². The van der Waals surface area contributed by atoms with Crippen LogP contribution in [0.25, 0.3) is 0 Å². The quantitative estimate of drug-likeness (QED) is 0.851. The van der Waals surface area contributed by atoms with Crippen molar-refractivity contribution in [2.75, 3.05) is 0 Å². The van der Waals surface area contributed by atoms with Gasteiger partial charge in [-0.25, -0.2) is 8.42 Å². The van der Waals surface area contributed by atoms with Gasteiger partial charge in [-0.1, -0.05) is 0 Å². The lowest BCUT2D eigenvalue weighted by Gasteiger charge is -2.16. The third kappa shape index (κ3) is 3.14. The Hall–Kier alpha value is -1.27. The van der Waals surface area contributed by atoms with Crippen molar-refractivity contribution in [3.63, 3.8) is 0 Å². The van der Waals surface area contributed by atoms with Crippen LogP contribution < -0.4 is 10.5 Å². The Morgan fingerprint density at radius 1 is 1.33 bits per heavy atom. The summed E-state index contributed by atoms with van der Waals surface area (Å²) >= 11 is 0.